The van der Waals surface area contributed by atoms with Gasteiger partial charge in [-0.25, -0.2) is 13.6 Å². The lowest BCUT2D eigenvalue weighted by Gasteiger charge is -2.17. The van der Waals surface area contributed by atoms with Gasteiger partial charge in [-0.05, 0) is 24.1 Å². The summed E-state index contributed by atoms with van der Waals surface area (Å²) in [7, 11) is -3.69. The first-order valence-corrected chi connectivity index (χ1v) is 8.71. The number of sulfonamides is 1. The summed E-state index contributed by atoms with van der Waals surface area (Å²) in [5.74, 6) is -0.463. The average Bonchev–Trinajstić information content (AvgIpc) is 2.43. The molecule has 0 saturated carbocycles. The van der Waals surface area contributed by atoms with Crippen molar-refractivity contribution in [1.82, 2.24) is 10.6 Å². The number of nitrogens with two attached hydrogens (primary N) is 1. The zero-order chi connectivity index (χ0) is 17.7. The SMILES string of the molecule is CC(C)(C)C(=O)NCC(=O)NCCc1ccc(S(N)(=O)=O)cc1. The van der Waals surface area contributed by atoms with E-state index in [2.05, 4.69) is 10.6 Å². The van der Waals surface area contributed by atoms with Crippen molar-refractivity contribution in [2.45, 2.75) is 32.1 Å². The number of amides is 2. The van der Waals surface area contributed by atoms with E-state index in [1.165, 1.54) is 12.1 Å². The summed E-state index contributed by atoms with van der Waals surface area (Å²) < 4.78 is 22.3. The third kappa shape index (κ3) is 6.79. The maximum atomic E-state index is 11.6. The number of rotatable bonds is 6. The minimum absolute atomic E-state index is 0.0511. The zero-order valence-corrected chi connectivity index (χ0v) is 14.4. The molecule has 0 aliphatic heterocycles. The van der Waals surface area contributed by atoms with Crippen molar-refractivity contribution in [3.8, 4) is 0 Å². The molecular formula is C15H23N3O4S. The van der Waals surface area contributed by atoms with Crippen LogP contribution in [0.2, 0.25) is 0 Å². The number of primary sulfonamides is 1. The number of nitrogens with one attached hydrogen (secondary N) is 2. The molecule has 0 atom stereocenters. The van der Waals surface area contributed by atoms with Crippen LogP contribution in [0.15, 0.2) is 29.2 Å². The summed E-state index contributed by atoms with van der Waals surface area (Å²) in [6.07, 6.45) is 0.545. The fraction of sp³-hybridized carbons (Fsp3) is 0.467. The van der Waals surface area contributed by atoms with E-state index in [1.54, 1.807) is 32.9 Å². The first-order valence-electron chi connectivity index (χ1n) is 7.17. The third-order valence-corrected chi connectivity index (χ3v) is 4.01. The van der Waals surface area contributed by atoms with Crippen molar-refractivity contribution in [3.05, 3.63) is 29.8 Å². The van der Waals surface area contributed by atoms with Gasteiger partial charge in [0.25, 0.3) is 0 Å². The highest BCUT2D eigenvalue weighted by atomic mass is 32.2. The number of carbonyl (C=O) groups excluding carboxylic acids is 2. The molecule has 4 N–H and O–H groups in total. The molecule has 0 fully saturated rings. The molecule has 128 valence electrons. The molecule has 0 radical (unpaired) electrons. The number of benzene rings is 1. The molecule has 7 nitrogen and oxygen atoms in total. The molecule has 0 spiro atoms. The summed E-state index contributed by atoms with van der Waals surface area (Å²) >= 11 is 0. The van der Waals surface area contributed by atoms with Gasteiger partial charge in [-0.1, -0.05) is 32.9 Å². The normalized spacial score (nSPS) is 11.8. The van der Waals surface area contributed by atoms with Gasteiger partial charge < -0.3 is 10.6 Å². The van der Waals surface area contributed by atoms with Crippen molar-refractivity contribution >= 4 is 21.8 Å². The molecule has 0 aromatic heterocycles. The summed E-state index contributed by atoms with van der Waals surface area (Å²) in [6.45, 7) is 5.63. The van der Waals surface area contributed by atoms with E-state index in [9.17, 15) is 18.0 Å². The van der Waals surface area contributed by atoms with E-state index in [-0.39, 0.29) is 23.3 Å². The Morgan fingerprint density at radius 1 is 1.09 bits per heavy atom. The third-order valence-electron chi connectivity index (χ3n) is 3.08. The maximum Gasteiger partial charge on any atom is 0.239 e. The van der Waals surface area contributed by atoms with Crippen molar-refractivity contribution < 1.29 is 18.0 Å². The number of carbonyl (C=O) groups is 2. The van der Waals surface area contributed by atoms with Gasteiger partial charge >= 0.3 is 0 Å². The molecule has 1 aromatic rings. The van der Waals surface area contributed by atoms with Crippen LogP contribution in [0, 0.1) is 5.41 Å². The van der Waals surface area contributed by atoms with E-state index < -0.39 is 15.4 Å². The second-order valence-corrected chi connectivity index (χ2v) is 7.78. The highest BCUT2D eigenvalue weighted by molar-refractivity contribution is 7.89. The number of hydrogen-bond acceptors (Lipinski definition) is 4. The van der Waals surface area contributed by atoms with Crippen LogP contribution in [0.25, 0.3) is 0 Å². The van der Waals surface area contributed by atoms with Gasteiger partial charge in [-0.2, -0.15) is 0 Å². The monoisotopic (exact) mass is 341 g/mol. The van der Waals surface area contributed by atoms with Crippen LogP contribution in [0.1, 0.15) is 26.3 Å². The first-order chi connectivity index (χ1) is 10.5. The Hall–Kier alpha value is -1.93. The molecule has 1 rings (SSSR count). The molecule has 0 aliphatic rings. The zero-order valence-electron chi connectivity index (χ0n) is 13.5. The molecule has 1 aromatic carbocycles. The Morgan fingerprint density at radius 2 is 1.65 bits per heavy atom. The van der Waals surface area contributed by atoms with Crippen LogP contribution in [0.5, 0.6) is 0 Å². The average molecular weight is 341 g/mol. The predicted molar refractivity (Wildman–Crippen MR) is 87.0 cm³/mol. The highest BCUT2D eigenvalue weighted by Gasteiger charge is 2.21. The predicted octanol–water partition coefficient (Wildman–Crippen LogP) is 0.155. The van der Waals surface area contributed by atoms with Crippen LogP contribution in [-0.2, 0) is 26.0 Å². The van der Waals surface area contributed by atoms with Crippen LogP contribution >= 0.6 is 0 Å². The second kappa shape index (κ2) is 7.56. The van der Waals surface area contributed by atoms with E-state index in [1.807, 2.05) is 0 Å². The Morgan fingerprint density at radius 3 is 2.13 bits per heavy atom. The standard InChI is InChI=1S/C15H23N3O4S/c1-15(2,3)14(20)18-10-13(19)17-9-8-11-4-6-12(7-5-11)23(16,21)22/h4-7H,8-10H2,1-3H3,(H,17,19)(H,18,20)(H2,16,21,22). The van der Waals surface area contributed by atoms with Gasteiger partial charge in [0.1, 0.15) is 0 Å². The Balaban J connectivity index is 2.37. The van der Waals surface area contributed by atoms with Crippen molar-refractivity contribution in [2.24, 2.45) is 10.6 Å². The first kappa shape index (κ1) is 19.1. The molecule has 0 aliphatic carbocycles. The molecule has 0 saturated heterocycles. The topological polar surface area (TPSA) is 118 Å². The minimum atomic E-state index is -3.69. The second-order valence-electron chi connectivity index (χ2n) is 6.22. The smallest absolute Gasteiger partial charge is 0.239 e. The van der Waals surface area contributed by atoms with Gasteiger partial charge in [0.05, 0.1) is 11.4 Å². The van der Waals surface area contributed by atoms with Crippen LogP contribution in [0.4, 0.5) is 0 Å². The molecule has 2 amide bonds. The van der Waals surface area contributed by atoms with Crippen molar-refractivity contribution in [1.29, 1.82) is 0 Å². The van der Waals surface area contributed by atoms with Gasteiger partial charge in [0.2, 0.25) is 21.8 Å². The van der Waals surface area contributed by atoms with Crippen LogP contribution in [0.3, 0.4) is 0 Å². The van der Waals surface area contributed by atoms with Gasteiger partial charge in [0.15, 0.2) is 0 Å². The molecular weight excluding hydrogens is 318 g/mol. The lowest BCUT2D eigenvalue weighted by Crippen LogP contribution is -2.42. The van der Waals surface area contributed by atoms with E-state index in [4.69, 9.17) is 5.14 Å². The molecule has 0 unspecified atom stereocenters. The summed E-state index contributed by atoms with van der Waals surface area (Å²) in [5, 5.41) is 10.3. The fourth-order valence-corrected chi connectivity index (χ4v) is 2.20. The van der Waals surface area contributed by atoms with E-state index in [0.717, 1.165) is 5.56 Å². The van der Waals surface area contributed by atoms with Gasteiger partial charge in [-0.15, -0.1) is 0 Å². The summed E-state index contributed by atoms with van der Waals surface area (Å²) in [5.41, 5.74) is 0.335. The quantitative estimate of drug-likeness (QED) is 0.682. The highest BCUT2D eigenvalue weighted by Crippen LogP contribution is 2.12. The largest absolute Gasteiger partial charge is 0.354 e. The molecule has 0 bridgehead atoms. The number of hydrogen-bond donors (Lipinski definition) is 3. The summed E-state index contributed by atoms with van der Waals surface area (Å²) in [4.78, 5) is 23.3. The lowest BCUT2D eigenvalue weighted by molar-refractivity contribution is -0.131. The maximum absolute atomic E-state index is 11.6. The van der Waals surface area contributed by atoms with Gasteiger partial charge in [0, 0.05) is 12.0 Å². The van der Waals surface area contributed by atoms with Crippen LogP contribution in [-0.4, -0.2) is 33.3 Å². The van der Waals surface area contributed by atoms with E-state index in [0.29, 0.717) is 13.0 Å². The Bertz CT molecular complexity index is 661. The molecule has 8 heteroatoms. The molecule has 23 heavy (non-hydrogen) atoms. The fourth-order valence-electron chi connectivity index (χ4n) is 1.68. The van der Waals surface area contributed by atoms with Gasteiger partial charge in [-0.3, -0.25) is 9.59 Å². The Labute approximate surface area is 136 Å². The minimum Gasteiger partial charge on any atom is -0.354 e. The van der Waals surface area contributed by atoms with E-state index >= 15 is 0 Å². The molecule has 0 heterocycles. The Kier molecular flexibility index (Phi) is 6.28. The van der Waals surface area contributed by atoms with Crippen molar-refractivity contribution in [2.75, 3.05) is 13.1 Å². The summed E-state index contributed by atoms with van der Waals surface area (Å²) in [6, 6.07) is 6.15. The lowest BCUT2D eigenvalue weighted by atomic mass is 9.96. The van der Waals surface area contributed by atoms with Crippen molar-refractivity contribution in [3.63, 3.8) is 0 Å². The van der Waals surface area contributed by atoms with Crippen LogP contribution < -0.4 is 15.8 Å².